The highest BCUT2D eigenvalue weighted by Crippen LogP contribution is 2.12. The molecule has 158 valence electrons. The van der Waals surface area contributed by atoms with Crippen LogP contribution < -0.4 is 5.32 Å². The number of nitrogens with zero attached hydrogens (tertiary/aromatic N) is 5. The van der Waals surface area contributed by atoms with Crippen LogP contribution in [-0.4, -0.2) is 88.5 Å². The molecule has 0 unspecified atom stereocenters. The van der Waals surface area contributed by atoms with Gasteiger partial charge in [-0.15, -0.1) is 0 Å². The molecule has 0 spiro atoms. The van der Waals surface area contributed by atoms with Gasteiger partial charge in [0.25, 0.3) is 0 Å². The van der Waals surface area contributed by atoms with Crippen molar-refractivity contribution in [2.24, 2.45) is 0 Å². The summed E-state index contributed by atoms with van der Waals surface area (Å²) in [6.45, 7) is 14.1. The lowest BCUT2D eigenvalue weighted by Gasteiger charge is -2.34. The quantitative estimate of drug-likeness (QED) is 0.727. The van der Waals surface area contributed by atoms with Gasteiger partial charge in [-0.1, -0.05) is 19.0 Å². The number of rotatable bonds is 7. The zero-order valence-electron chi connectivity index (χ0n) is 18.0. The van der Waals surface area contributed by atoms with Crippen LogP contribution >= 0.6 is 0 Å². The summed E-state index contributed by atoms with van der Waals surface area (Å²) in [6, 6.07) is 0. The maximum Gasteiger partial charge on any atom is 0.240 e. The Labute approximate surface area is 167 Å². The van der Waals surface area contributed by atoms with E-state index in [0.717, 1.165) is 32.0 Å². The molecule has 0 bridgehead atoms. The summed E-state index contributed by atoms with van der Waals surface area (Å²) >= 11 is 0. The van der Waals surface area contributed by atoms with Crippen LogP contribution in [0.2, 0.25) is 0 Å². The van der Waals surface area contributed by atoms with E-state index in [1.54, 1.807) is 7.05 Å². The number of carbonyl (C=O) groups is 2. The molecular weight excluding hydrogens is 360 g/mol. The van der Waals surface area contributed by atoms with Crippen LogP contribution in [0.15, 0.2) is 4.52 Å². The second kappa shape index (κ2) is 9.47. The maximum absolute atomic E-state index is 12.4. The van der Waals surface area contributed by atoms with Crippen molar-refractivity contribution in [3.05, 3.63) is 11.7 Å². The van der Waals surface area contributed by atoms with Gasteiger partial charge in [0.05, 0.1) is 19.6 Å². The SMILES string of the molecule is CC(C)c1noc(CN2CCN(CC(=O)N(C)CC(=O)NC(C)(C)C)CC2)n1. The molecule has 0 aliphatic carbocycles. The first kappa shape index (κ1) is 22.3. The molecule has 0 radical (unpaired) electrons. The molecule has 1 aliphatic rings. The van der Waals surface area contributed by atoms with E-state index in [2.05, 4.69) is 25.3 Å². The van der Waals surface area contributed by atoms with Crippen LogP contribution in [0.3, 0.4) is 0 Å². The van der Waals surface area contributed by atoms with Gasteiger partial charge in [-0.25, -0.2) is 0 Å². The zero-order valence-corrected chi connectivity index (χ0v) is 18.0. The fourth-order valence-corrected chi connectivity index (χ4v) is 2.94. The Morgan fingerprint density at radius 2 is 1.79 bits per heavy atom. The summed E-state index contributed by atoms with van der Waals surface area (Å²) in [4.78, 5) is 34.7. The van der Waals surface area contributed by atoms with Gasteiger partial charge in [0.15, 0.2) is 5.82 Å². The van der Waals surface area contributed by atoms with Gasteiger partial charge in [0.1, 0.15) is 0 Å². The minimum atomic E-state index is -0.300. The summed E-state index contributed by atoms with van der Waals surface area (Å²) in [5.41, 5.74) is -0.300. The molecule has 0 saturated carbocycles. The first-order valence-corrected chi connectivity index (χ1v) is 9.85. The first-order chi connectivity index (χ1) is 13.0. The van der Waals surface area contributed by atoms with Crippen molar-refractivity contribution in [1.82, 2.24) is 30.2 Å². The van der Waals surface area contributed by atoms with Crippen molar-refractivity contribution in [1.29, 1.82) is 0 Å². The number of hydrogen-bond acceptors (Lipinski definition) is 7. The number of aromatic nitrogens is 2. The fraction of sp³-hybridized carbons (Fsp3) is 0.789. The van der Waals surface area contributed by atoms with Gasteiger partial charge >= 0.3 is 0 Å². The van der Waals surface area contributed by atoms with Gasteiger partial charge < -0.3 is 14.7 Å². The minimum Gasteiger partial charge on any atom is -0.350 e. The van der Waals surface area contributed by atoms with Crippen molar-refractivity contribution in [3.63, 3.8) is 0 Å². The normalized spacial score (nSPS) is 16.4. The molecule has 1 aromatic rings. The molecule has 9 heteroatoms. The average Bonchev–Trinajstić information content (AvgIpc) is 3.03. The summed E-state index contributed by atoms with van der Waals surface area (Å²) in [7, 11) is 1.67. The van der Waals surface area contributed by atoms with Crippen molar-refractivity contribution in [2.75, 3.05) is 46.3 Å². The van der Waals surface area contributed by atoms with E-state index in [1.807, 2.05) is 34.6 Å². The molecule has 2 heterocycles. The number of piperazine rings is 1. The number of nitrogens with one attached hydrogen (secondary N) is 1. The molecular formula is C19H34N6O3. The highest BCUT2D eigenvalue weighted by atomic mass is 16.5. The fourth-order valence-electron chi connectivity index (χ4n) is 2.94. The molecule has 1 fully saturated rings. The number of likely N-dealkylation sites (N-methyl/N-ethyl adjacent to an activating group) is 1. The second-order valence-electron chi connectivity index (χ2n) is 8.80. The van der Waals surface area contributed by atoms with E-state index in [0.29, 0.717) is 19.0 Å². The predicted molar refractivity (Wildman–Crippen MR) is 106 cm³/mol. The molecule has 28 heavy (non-hydrogen) atoms. The highest BCUT2D eigenvalue weighted by Gasteiger charge is 2.23. The predicted octanol–water partition coefficient (Wildman–Crippen LogP) is 0.684. The Hall–Kier alpha value is -2.00. The standard InChI is InChI=1S/C19H34N6O3/c1-14(2)18-20-16(28-22-18)12-24-7-9-25(10-8-24)13-17(27)23(6)11-15(26)21-19(3,4)5/h14H,7-13H2,1-6H3,(H,21,26). The summed E-state index contributed by atoms with van der Waals surface area (Å²) < 4.78 is 5.31. The highest BCUT2D eigenvalue weighted by molar-refractivity contribution is 5.85. The van der Waals surface area contributed by atoms with Crippen molar-refractivity contribution < 1.29 is 14.1 Å². The van der Waals surface area contributed by atoms with Crippen LogP contribution in [0.5, 0.6) is 0 Å². The van der Waals surface area contributed by atoms with E-state index < -0.39 is 0 Å². The number of hydrogen-bond donors (Lipinski definition) is 1. The van der Waals surface area contributed by atoms with Gasteiger partial charge in [0.2, 0.25) is 17.7 Å². The molecule has 1 saturated heterocycles. The minimum absolute atomic E-state index is 0.0454. The van der Waals surface area contributed by atoms with Crippen LogP contribution in [0.4, 0.5) is 0 Å². The monoisotopic (exact) mass is 394 g/mol. The zero-order chi connectivity index (χ0) is 20.9. The Morgan fingerprint density at radius 3 is 2.32 bits per heavy atom. The molecule has 9 nitrogen and oxygen atoms in total. The van der Waals surface area contributed by atoms with Crippen LogP contribution in [0, 0.1) is 0 Å². The lowest BCUT2D eigenvalue weighted by atomic mass is 10.1. The Bertz CT molecular complexity index is 659. The third-order valence-electron chi connectivity index (χ3n) is 4.50. The lowest BCUT2D eigenvalue weighted by molar-refractivity contribution is -0.136. The smallest absolute Gasteiger partial charge is 0.240 e. The van der Waals surface area contributed by atoms with E-state index >= 15 is 0 Å². The molecule has 0 atom stereocenters. The van der Waals surface area contributed by atoms with Crippen LogP contribution in [0.1, 0.15) is 52.3 Å². The van der Waals surface area contributed by atoms with Gasteiger partial charge in [-0.05, 0) is 20.8 Å². The summed E-state index contributed by atoms with van der Waals surface area (Å²) in [5, 5.41) is 6.87. The first-order valence-electron chi connectivity index (χ1n) is 9.85. The van der Waals surface area contributed by atoms with E-state index in [4.69, 9.17) is 4.52 Å². The number of carbonyl (C=O) groups excluding carboxylic acids is 2. The molecule has 0 aromatic carbocycles. The molecule has 1 N–H and O–H groups in total. The third kappa shape index (κ3) is 7.20. The molecule has 2 rings (SSSR count). The molecule has 1 aromatic heterocycles. The van der Waals surface area contributed by atoms with Crippen molar-refractivity contribution >= 4 is 11.8 Å². The topological polar surface area (TPSA) is 94.8 Å². The lowest BCUT2D eigenvalue weighted by Crippen LogP contribution is -2.51. The Morgan fingerprint density at radius 1 is 1.18 bits per heavy atom. The number of amides is 2. The summed E-state index contributed by atoms with van der Waals surface area (Å²) in [5.74, 6) is 1.43. The van der Waals surface area contributed by atoms with Gasteiger partial charge in [-0.3, -0.25) is 19.4 Å². The largest absolute Gasteiger partial charge is 0.350 e. The van der Waals surface area contributed by atoms with E-state index in [1.165, 1.54) is 4.90 Å². The maximum atomic E-state index is 12.4. The molecule has 1 aliphatic heterocycles. The van der Waals surface area contributed by atoms with Gasteiger partial charge in [0, 0.05) is 44.7 Å². The van der Waals surface area contributed by atoms with Gasteiger partial charge in [-0.2, -0.15) is 4.98 Å². The summed E-state index contributed by atoms with van der Waals surface area (Å²) in [6.07, 6.45) is 0. The third-order valence-corrected chi connectivity index (χ3v) is 4.50. The van der Waals surface area contributed by atoms with Crippen molar-refractivity contribution in [3.8, 4) is 0 Å². The van der Waals surface area contributed by atoms with Crippen LogP contribution in [-0.2, 0) is 16.1 Å². The second-order valence-corrected chi connectivity index (χ2v) is 8.80. The Kier molecular flexibility index (Phi) is 7.54. The molecule has 2 amide bonds. The Balaban J connectivity index is 1.72. The van der Waals surface area contributed by atoms with Crippen LogP contribution in [0.25, 0.3) is 0 Å². The van der Waals surface area contributed by atoms with Crippen molar-refractivity contribution in [2.45, 2.75) is 52.6 Å². The average molecular weight is 395 g/mol. The van der Waals surface area contributed by atoms with E-state index in [9.17, 15) is 9.59 Å². The van der Waals surface area contributed by atoms with E-state index in [-0.39, 0.29) is 29.8 Å².